The van der Waals surface area contributed by atoms with Crippen molar-refractivity contribution in [2.24, 2.45) is 0 Å². The van der Waals surface area contributed by atoms with Gasteiger partial charge in [0.2, 0.25) is 5.91 Å². The van der Waals surface area contributed by atoms with Crippen LogP contribution in [0.2, 0.25) is 0 Å². The fraction of sp³-hybridized carbons (Fsp3) is 0.429. The predicted molar refractivity (Wildman–Crippen MR) is 85.9 cm³/mol. The first-order valence-electron chi connectivity index (χ1n) is 7.02. The van der Waals surface area contributed by atoms with Crippen molar-refractivity contribution in [3.63, 3.8) is 0 Å². The van der Waals surface area contributed by atoms with E-state index in [1.54, 1.807) is 10.7 Å². The third kappa shape index (κ3) is 3.38. The van der Waals surface area contributed by atoms with Crippen molar-refractivity contribution in [1.82, 2.24) is 9.78 Å². The van der Waals surface area contributed by atoms with E-state index in [0.717, 1.165) is 10.6 Å². The number of anilines is 1. The number of hydrogen-bond donors (Lipinski definition) is 1. The summed E-state index contributed by atoms with van der Waals surface area (Å²) in [7, 11) is -2.99. The van der Waals surface area contributed by atoms with E-state index >= 15 is 0 Å². The molecule has 0 aromatic carbocycles. The lowest BCUT2D eigenvalue weighted by Crippen LogP contribution is -2.20. The second-order valence-electron chi connectivity index (χ2n) is 5.48. The molecule has 0 radical (unpaired) electrons. The summed E-state index contributed by atoms with van der Waals surface area (Å²) < 4.78 is 24.9. The lowest BCUT2D eigenvalue weighted by molar-refractivity contribution is -0.115. The van der Waals surface area contributed by atoms with Crippen LogP contribution in [0.25, 0.3) is 0 Å². The standard InChI is InChI=1S/C14H17N3O3S2/c1-10-7-13(15-14(18)8-12-3-2-5-21-12)17(16-10)11-4-6-22(19,20)9-11/h2-3,5,7,11H,4,6,8-9H2,1H3,(H,15,18). The highest BCUT2D eigenvalue weighted by Crippen LogP contribution is 2.27. The van der Waals surface area contributed by atoms with E-state index in [1.165, 1.54) is 11.3 Å². The van der Waals surface area contributed by atoms with Gasteiger partial charge in [0, 0.05) is 10.9 Å². The number of aromatic nitrogens is 2. The fourth-order valence-corrected chi connectivity index (χ4v) is 5.01. The number of nitrogens with zero attached hydrogens (tertiary/aromatic N) is 2. The van der Waals surface area contributed by atoms with E-state index in [-0.39, 0.29) is 23.5 Å². The number of sulfone groups is 1. The van der Waals surface area contributed by atoms with Crippen LogP contribution >= 0.6 is 11.3 Å². The largest absolute Gasteiger partial charge is 0.311 e. The minimum atomic E-state index is -2.99. The smallest absolute Gasteiger partial charge is 0.230 e. The van der Waals surface area contributed by atoms with E-state index in [2.05, 4.69) is 10.4 Å². The van der Waals surface area contributed by atoms with Gasteiger partial charge in [-0.05, 0) is 24.8 Å². The summed E-state index contributed by atoms with van der Waals surface area (Å²) in [4.78, 5) is 13.1. The normalized spacial score (nSPS) is 20.1. The van der Waals surface area contributed by atoms with Crippen LogP contribution in [0.15, 0.2) is 23.6 Å². The lowest BCUT2D eigenvalue weighted by atomic mass is 10.2. The van der Waals surface area contributed by atoms with Crippen LogP contribution < -0.4 is 5.32 Å². The van der Waals surface area contributed by atoms with Crippen LogP contribution in [0.5, 0.6) is 0 Å². The average molecular weight is 339 g/mol. The molecule has 118 valence electrons. The molecular formula is C14H17N3O3S2. The first-order chi connectivity index (χ1) is 10.4. The van der Waals surface area contributed by atoms with Crippen molar-refractivity contribution in [2.45, 2.75) is 25.8 Å². The summed E-state index contributed by atoms with van der Waals surface area (Å²) in [6.45, 7) is 1.83. The van der Waals surface area contributed by atoms with Crippen molar-refractivity contribution in [2.75, 3.05) is 16.8 Å². The van der Waals surface area contributed by atoms with Crippen molar-refractivity contribution >= 4 is 32.9 Å². The molecule has 1 saturated heterocycles. The Morgan fingerprint density at radius 2 is 2.36 bits per heavy atom. The molecule has 3 heterocycles. The van der Waals surface area contributed by atoms with Gasteiger partial charge in [-0.2, -0.15) is 5.10 Å². The Hall–Kier alpha value is -1.67. The molecule has 1 fully saturated rings. The van der Waals surface area contributed by atoms with Crippen LogP contribution in [0.3, 0.4) is 0 Å². The maximum atomic E-state index is 12.1. The molecule has 1 unspecified atom stereocenters. The van der Waals surface area contributed by atoms with Gasteiger partial charge in [-0.1, -0.05) is 6.07 Å². The molecule has 1 aliphatic rings. The molecule has 0 aliphatic carbocycles. The van der Waals surface area contributed by atoms with Crippen molar-refractivity contribution in [3.8, 4) is 0 Å². The van der Waals surface area contributed by atoms with Crippen LogP contribution in [-0.4, -0.2) is 35.6 Å². The minimum Gasteiger partial charge on any atom is -0.311 e. The van der Waals surface area contributed by atoms with Crippen LogP contribution in [0.1, 0.15) is 23.0 Å². The molecule has 1 N–H and O–H groups in total. The van der Waals surface area contributed by atoms with Gasteiger partial charge < -0.3 is 5.32 Å². The Morgan fingerprint density at radius 3 is 3.00 bits per heavy atom. The zero-order valence-electron chi connectivity index (χ0n) is 12.2. The lowest BCUT2D eigenvalue weighted by Gasteiger charge is -2.13. The third-order valence-corrected chi connectivity index (χ3v) is 6.22. The van der Waals surface area contributed by atoms with Gasteiger partial charge in [0.1, 0.15) is 5.82 Å². The van der Waals surface area contributed by atoms with Gasteiger partial charge in [-0.25, -0.2) is 13.1 Å². The maximum Gasteiger partial charge on any atom is 0.230 e. The van der Waals surface area contributed by atoms with Gasteiger partial charge in [0.25, 0.3) is 0 Å². The summed E-state index contributed by atoms with van der Waals surface area (Å²) in [5, 5.41) is 9.13. The van der Waals surface area contributed by atoms with Gasteiger partial charge >= 0.3 is 0 Å². The fourth-order valence-electron chi connectivity index (χ4n) is 2.62. The molecule has 22 heavy (non-hydrogen) atoms. The zero-order valence-corrected chi connectivity index (χ0v) is 13.8. The van der Waals surface area contributed by atoms with E-state index < -0.39 is 9.84 Å². The molecule has 2 aromatic heterocycles. The summed E-state index contributed by atoms with van der Waals surface area (Å²) in [6.07, 6.45) is 0.849. The number of carbonyl (C=O) groups is 1. The predicted octanol–water partition coefficient (Wildman–Crippen LogP) is 1.79. The van der Waals surface area contributed by atoms with Crippen LogP contribution in [0.4, 0.5) is 5.82 Å². The molecule has 2 aromatic rings. The number of carbonyl (C=O) groups excluding carboxylic acids is 1. The Morgan fingerprint density at radius 1 is 1.55 bits per heavy atom. The minimum absolute atomic E-state index is 0.0852. The molecule has 1 amide bonds. The molecule has 1 aliphatic heterocycles. The van der Waals surface area contributed by atoms with Gasteiger partial charge in [0.05, 0.1) is 29.7 Å². The zero-order chi connectivity index (χ0) is 15.7. The Bertz CT molecular complexity index is 778. The highest BCUT2D eigenvalue weighted by molar-refractivity contribution is 7.91. The monoisotopic (exact) mass is 339 g/mol. The molecule has 6 nitrogen and oxygen atoms in total. The second-order valence-corrected chi connectivity index (χ2v) is 8.74. The number of rotatable bonds is 4. The van der Waals surface area contributed by atoms with E-state index in [0.29, 0.717) is 18.7 Å². The van der Waals surface area contributed by atoms with Crippen molar-refractivity contribution in [3.05, 3.63) is 34.2 Å². The van der Waals surface area contributed by atoms with Crippen molar-refractivity contribution < 1.29 is 13.2 Å². The Balaban J connectivity index is 1.75. The van der Waals surface area contributed by atoms with Crippen LogP contribution in [0, 0.1) is 6.92 Å². The Kier molecular flexibility index (Phi) is 4.05. The van der Waals surface area contributed by atoms with Gasteiger partial charge in [-0.15, -0.1) is 11.3 Å². The highest BCUT2D eigenvalue weighted by Gasteiger charge is 2.31. The molecule has 0 bridgehead atoms. The van der Waals surface area contributed by atoms with Gasteiger partial charge in [-0.3, -0.25) is 4.79 Å². The molecule has 3 rings (SSSR count). The summed E-state index contributed by atoms with van der Waals surface area (Å²) in [6, 6.07) is 5.40. The quantitative estimate of drug-likeness (QED) is 0.921. The SMILES string of the molecule is Cc1cc(NC(=O)Cc2cccs2)n(C2CCS(=O)(=O)C2)n1. The first-order valence-corrected chi connectivity index (χ1v) is 9.72. The first kappa shape index (κ1) is 15.2. The van der Waals surface area contributed by atoms with E-state index in [4.69, 9.17) is 0 Å². The maximum absolute atomic E-state index is 12.1. The molecule has 0 spiro atoms. The van der Waals surface area contributed by atoms with E-state index in [1.807, 2.05) is 24.4 Å². The topological polar surface area (TPSA) is 81.1 Å². The summed E-state index contributed by atoms with van der Waals surface area (Å²) in [5.41, 5.74) is 0.760. The summed E-state index contributed by atoms with van der Waals surface area (Å²) >= 11 is 1.53. The number of amides is 1. The number of nitrogens with one attached hydrogen (secondary N) is 1. The van der Waals surface area contributed by atoms with Crippen LogP contribution in [-0.2, 0) is 21.1 Å². The number of thiophene rings is 1. The highest BCUT2D eigenvalue weighted by atomic mass is 32.2. The van der Waals surface area contributed by atoms with Gasteiger partial charge in [0.15, 0.2) is 9.84 Å². The molecule has 8 heteroatoms. The molecule has 0 saturated carbocycles. The van der Waals surface area contributed by atoms with Crippen molar-refractivity contribution in [1.29, 1.82) is 0 Å². The number of hydrogen-bond acceptors (Lipinski definition) is 5. The second kappa shape index (κ2) is 5.85. The van der Waals surface area contributed by atoms with E-state index in [9.17, 15) is 13.2 Å². The third-order valence-electron chi connectivity index (χ3n) is 3.59. The average Bonchev–Trinajstić information content (AvgIpc) is 3.11. The summed E-state index contributed by atoms with van der Waals surface area (Å²) in [5.74, 6) is 0.715. The Labute approximate surface area is 133 Å². The number of aryl methyl sites for hydroxylation is 1. The molecule has 1 atom stereocenters. The molecular weight excluding hydrogens is 322 g/mol.